The number of rotatable bonds is 13. The first-order valence-electron chi connectivity index (χ1n) is 22.5. The lowest BCUT2D eigenvalue weighted by Crippen LogP contribution is -2.68. The lowest BCUT2D eigenvalue weighted by atomic mass is 9.79. The summed E-state index contributed by atoms with van der Waals surface area (Å²) >= 11 is 0. The number of likely N-dealkylation sites (N-methyl/N-ethyl adjacent to an activating group) is 1. The van der Waals surface area contributed by atoms with Gasteiger partial charge in [-0.2, -0.15) is 0 Å². The number of fused-ring (bicyclic) bond motifs is 6. The van der Waals surface area contributed by atoms with E-state index in [0.29, 0.717) is 12.0 Å². The number of piperidine rings is 1. The van der Waals surface area contributed by atoms with Crippen molar-refractivity contribution < 1.29 is 58.1 Å². The van der Waals surface area contributed by atoms with E-state index < -0.39 is 132 Å². The van der Waals surface area contributed by atoms with Crippen LogP contribution >= 0.6 is 0 Å². The Morgan fingerprint density at radius 1 is 0.877 bits per heavy atom. The molecule has 12 atom stereocenters. The Morgan fingerprint density at radius 2 is 1.51 bits per heavy atom. The Hall–Kier alpha value is -5.79. The molecular weight excluding hydrogens is 845 g/mol. The van der Waals surface area contributed by atoms with Gasteiger partial charge in [0.1, 0.15) is 60.4 Å². The molecule has 8 amide bonds. The Morgan fingerprint density at radius 3 is 2.09 bits per heavy atom. The third-order valence-electron chi connectivity index (χ3n) is 12.7. The van der Waals surface area contributed by atoms with E-state index in [-0.39, 0.29) is 50.2 Å². The van der Waals surface area contributed by atoms with Crippen LogP contribution in [0.4, 0.5) is 0 Å². The number of phenolic OH excluding ortho intramolecular Hbond substituents is 1. The van der Waals surface area contributed by atoms with Gasteiger partial charge in [-0.1, -0.05) is 67.0 Å². The fourth-order valence-corrected chi connectivity index (χ4v) is 8.63. The van der Waals surface area contributed by atoms with Crippen LogP contribution in [0.25, 0.3) is 0 Å². The molecule has 0 aromatic heterocycles. The molecule has 0 saturated carbocycles. The van der Waals surface area contributed by atoms with Crippen LogP contribution in [0.15, 0.2) is 24.3 Å². The molecule has 1 aromatic rings. The summed E-state index contributed by atoms with van der Waals surface area (Å²) in [7, 11) is 1.38. The van der Waals surface area contributed by atoms with E-state index in [9.17, 15) is 53.4 Å². The van der Waals surface area contributed by atoms with Crippen molar-refractivity contribution in [3.63, 3.8) is 0 Å². The minimum Gasteiger partial charge on any atom is -0.508 e. The zero-order valence-electron chi connectivity index (χ0n) is 38.8. The van der Waals surface area contributed by atoms with Crippen LogP contribution in [0.5, 0.6) is 5.75 Å². The van der Waals surface area contributed by atoms with Gasteiger partial charge in [-0.25, -0.2) is 4.79 Å². The van der Waals surface area contributed by atoms with Gasteiger partial charge < -0.3 is 57.1 Å². The summed E-state index contributed by atoms with van der Waals surface area (Å²) in [6.45, 7) is 13.2. The van der Waals surface area contributed by atoms with E-state index in [4.69, 9.17) is 10.5 Å². The maximum absolute atomic E-state index is 14.9. The van der Waals surface area contributed by atoms with Gasteiger partial charge in [0.05, 0.1) is 0 Å². The third-order valence-corrected chi connectivity index (χ3v) is 12.7. The van der Waals surface area contributed by atoms with Gasteiger partial charge >= 0.3 is 5.97 Å². The summed E-state index contributed by atoms with van der Waals surface area (Å²) < 4.78 is 5.95. The lowest BCUT2D eigenvalue weighted by Gasteiger charge is -2.47. The Bertz CT molecular complexity index is 1940. The third kappa shape index (κ3) is 12.9. The summed E-state index contributed by atoms with van der Waals surface area (Å²) in [6.07, 6.45) is -3.43. The number of ether oxygens (including phenoxy) is 1. The van der Waals surface area contributed by atoms with E-state index in [1.165, 1.54) is 31.0 Å². The summed E-state index contributed by atoms with van der Waals surface area (Å²) in [5.41, 5.74) is 5.90. The minimum absolute atomic E-state index is 0.0328. The highest BCUT2D eigenvalue weighted by molar-refractivity contribution is 5.99. The van der Waals surface area contributed by atoms with Crippen LogP contribution < -0.4 is 32.3 Å². The van der Waals surface area contributed by atoms with Crippen molar-refractivity contribution in [1.29, 1.82) is 0 Å². The number of nitrogens with one attached hydrogen (secondary N) is 5. The summed E-state index contributed by atoms with van der Waals surface area (Å²) in [5.74, 6) is -10.4. The van der Waals surface area contributed by atoms with Gasteiger partial charge in [-0.15, -0.1) is 0 Å². The van der Waals surface area contributed by atoms with Crippen LogP contribution in [-0.2, 0) is 54.3 Å². The number of phenols is 1. The Kier molecular flexibility index (Phi) is 17.9. The number of amides is 8. The maximum Gasteiger partial charge on any atom is 0.329 e. The van der Waals surface area contributed by atoms with Gasteiger partial charge in [0, 0.05) is 25.8 Å². The molecule has 1 aromatic carbocycles. The first kappa shape index (κ1) is 51.8. The number of hydrogen-bond acceptors (Lipinski definition) is 12. The largest absolute Gasteiger partial charge is 0.508 e. The predicted octanol–water partition coefficient (Wildman–Crippen LogP) is -0.280. The van der Waals surface area contributed by atoms with Crippen molar-refractivity contribution in [2.45, 2.75) is 155 Å². The molecule has 20 nitrogen and oxygen atoms in total. The SMILES string of the molecule is CC[C@H](C)[C@H]1C(=O)N(C)[C@@H](Cc2ccc(O)cc2)C(=O)N[C@@H]2C(=O)O[C@H](C)[C@H](NC(=O)[C@H](CCC(N)=O)NC(=O)C(C)C)C(=O)N[C@@H](CC(C)C)C(=O)N[C@@H]3C(=O)N1[C@H](O)CC3C[C@@H]2C. The van der Waals surface area contributed by atoms with Gasteiger partial charge in [0.25, 0.3) is 0 Å². The van der Waals surface area contributed by atoms with E-state index in [2.05, 4.69) is 26.6 Å². The molecule has 20 heteroatoms. The van der Waals surface area contributed by atoms with Crippen LogP contribution in [0.2, 0.25) is 0 Å². The molecule has 65 heavy (non-hydrogen) atoms. The highest BCUT2D eigenvalue weighted by Gasteiger charge is 2.51. The molecule has 4 saturated heterocycles. The number of nitrogens with two attached hydrogens (primary N) is 1. The number of benzene rings is 1. The van der Waals surface area contributed by atoms with Crippen molar-refractivity contribution in [2.24, 2.45) is 35.3 Å². The summed E-state index contributed by atoms with van der Waals surface area (Å²) in [4.78, 5) is 129. The maximum atomic E-state index is 14.9. The van der Waals surface area contributed by atoms with Gasteiger partial charge in [0.15, 0.2) is 0 Å². The molecule has 4 heterocycles. The molecule has 4 aliphatic heterocycles. The average Bonchev–Trinajstić information content (AvgIpc) is 3.23. The summed E-state index contributed by atoms with van der Waals surface area (Å²) in [5, 5.41) is 35.2. The van der Waals surface area contributed by atoms with E-state index in [1.54, 1.807) is 60.6 Å². The number of aliphatic hydroxyl groups is 1. The van der Waals surface area contributed by atoms with Gasteiger partial charge in [0.2, 0.25) is 47.3 Å². The van der Waals surface area contributed by atoms with Crippen LogP contribution in [-0.4, -0.2) is 135 Å². The number of carbonyl (C=O) groups excluding carboxylic acids is 9. The van der Waals surface area contributed by atoms with Crippen molar-refractivity contribution >= 4 is 53.2 Å². The molecule has 4 aliphatic rings. The molecule has 4 bridgehead atoms. The number of aliphatic hydroxyl groups excluding tert-OH is 1. The van der Waals surface area contributed by atoms with Crippen LogP contribution in [0, 0.1) is 29.6 Å². The lowest BCUT2D eigenvalue weighted by molar-refractivity contribution is -0.172. The fourth-order valence-electron chi connectivity index (χ4n) is 8.63. The number of primary amides is 1. The Balaban J connectivity index is 1.91. The zero-order valence-corrected chi connectivity index (χ0v) is 38.8. The first-order valence-corrected chi connectivity index (χ1v) is 22.5. The minimum atomic E-state index is -1.73. The zero-order chi connectivity index (χ0) is 48.6. The second kappa shape index (κ2) is 22.4. The highest BCUT2D eigenvalue weighted by atomic mass is 16.5. The van der Waals surface area contributed by atoms with Crippen molar-refractivity contribution in [3.8, 4) is 5.75 Å². The molecule has 1 unspecified atom stereocenters. The standard InChI is InChI=1S/C45H68N8O12/c1-10-23(6)37-44(63)52(9)31(19-26-11-13-28(54)14-12-26)41(60)49-34-24(7)18-27-20-33(56)53(37)43(62)36(27)51-40(59)30(17-21(2)3)48-42(61)35(25(8)65-45(34)64)50-39(58)29(15-16-32(46)55)47-38(57)22(4)5/h11-14,21-25,27,29-31,33-37,54,56H,10,15-20H2,1-9H3,(H2,46,55)(H,47,57)(H,48,61)(H,49,60)(H,50,58)(H,51,59)/t23-,24-,25+,27?,29-,30-,31-,33+,34-,35-,36-,37-/m0/s1. The number of hydrogen-bond donors (Lipinski definition) is 8. The smallest absolute Gasteiger partial charge is 0.329 e. The Labute approximate surface area is 379 Å². The highest BCUT2D eigenvalue weighted by Crippen LogP contribution is 2.35. The molecule has 360 valence electrons. The number of aromatic hydroxyl groups is 1. The van der Waals surface area contributed by atoms with Crippen LogP contribution in [0.1, 0.15) is 99.5 Å². The monoisotopic (exact) mass is 912 g/mol. The van der Waals surface area contributed by atoms with Crippen LogP contribution in [0.3, 0.4) is 0 Å². The van der Waals surface area contributed by atoms with Crippen molar-refractivity contribution in [2.75, 3.05) is 7.05 Å². The number of nitrogens with zero attached hydrogens (tertiary/aromatic N) is 2. The topological polar surface area (TPSA) is 296 Å². The second-order valence-corrected chi connectivity index (χ2v) is 18.6. The first-order chi connectivity index (χ1) is 30.4. The molecule has 0 radical (unpaired) electrons. The van der Waals surface area contributed by atoms with Gasteiger partial charge in [-0.05, 0) is 74.0 Å². The van der Waals surface area contributed by atoms with Crippen molar-refractivity contribution in [1.82, 2.24) is 36.4 Å². The molecule has 0 spiro atoms. The molecule has 4 fully saturated rings. The normalized spacial score (nSPS) is 29.1. The van der Waals surface area contributed by atoms with Gasteiger partial charge in [-0.3, -0.25) is 38.4 Å². The van der Waals surface area contributed by atoms with E-state index in [1.807, 2.05) is 0 Å². The number of cyclic esters (lactones) is 1. The predicted molar refractivity (Wildman–Crippen MR) is 234 cm³/mol. The fraction of sp³-hybridized carbons (Fsp3) is 0.667. The average molecular weight is 913 g/mol. The number of esters is 1. The molecule has 9 N–H and O–H groups in total. The van der Waals surface area contributed by atoms with Crippen molar-refractivity contribution in [3.05, 3.63) is 29.8 Å². The molecule has 0 aliphatic carbocycles. The quantitative estimate of drug-likeness (QED) is 0.119. The second-order valence-electron chi connectivity index (χ2n) is 18.6. The van der Waals surface area contributed by atoms with E-state index >= 15 is 0 Å². The van der Waals surface area contributed by atoms with E-state index in [0.717, 1.165) is 4.90 Å². The number of carbonyl (C=O) groups is 9. The molecule has 5 rings (SSSR count). The molecular formula is C45H68N8O12. The summed E-state index contributed by atoms with van der Waals surface area (Å²) in [6, 6.07) is -3.99.